The van der Waals surface area contributed by atoms with Crippen LogP contribution in [0.3, 0.4) is 0 Å². The quantitative estimate of drug-likeness (QED) is 0.779. The molecular weight excluding hydrogens is 326 g/mol. The molecule has 1 aromatic carbocycles. The van der Waals surface area contributed by atoms with Crippen LogP contribution in [-0.4, -0.2) is 86.7 Å². The van der Waals surface area contributed by atoms with E-state index in [1.54, 1.807) is 7.11 Å². The molecule has 0 bridgehead atoms. The van der Waals surface area contributed by atoms with Crippen LogP contribution in [0.25, 0.3) is 0 Å². The van der Waals surface area contributed by atoms with Gasteiger partial charge in [0.15, 0.2) is 0 Å². The first-order chi connectivity index (χ1) is 12.5. The number of amides is 1. The van der Waals surface area contributed by atoms with E-state index in [2.05, 4.69) is 47.2 Å². The summed E-state index contributed by atoms with van der Waals surface area (Å²) in [7, 11) is 5.94. The zero-order chi connectivity index (χ0) is 18.6. The van der Waals surface area contributed by atoms with E-state index in [0.29, 0.717) is 19.1 Å². The standard InChI is InChI=1S/C21H33N3O2/c1-22(13-14-26-3)17-20(25)24-11-9-21(10-12-24)15-19(16-23(21)2)18-7-5-4-6-8-18/h4-8,19H,9-17H2,1-3H3/t19-/m0/s1. The topological polar surface area (TPSA) is 36.0 Å². The lowest BCUT2D eigenvalue weighted by molar-refractivity contribution is -0.134. The van der Waals surface area contributed by atoms with E-state index in [1.165, 1.54) is 12.0 Å². The number of nitrogens with zero attached hydrogens (tertiary/aromatic N) is 3. The summed E-state index contributed by atoms with van der Waals surface area (Å²) < 4.78 is 5.09. The zero-order valence-corrected chi connectivity index (χ0v) is 16.5. The number of hydrogen-bond donors (Lipinski definition) is 0. The molecule has 0 radical (unpaired) electrons. The molecule has 5 heteroatoms. The molecule has 0 unspecified atom stereocenters. The number of hydrogen-bond acceptors (Lipinski definition) is 4. The Morgan fingerprint density at radius 2 is 1.96 bits per heavy atom. The van der Waals surface area contributed by atoms with Crippen molar-refractivity contribution in [2.75, 3.05) is 60.5 Å². The Morgan fingerprint density at radius 1 is 1.27 bits per heavy atom. The van der Waals surface area contributed by atoms with Crippen molar-refractivity contribution < 1.29 is 9.53 Å². The highest BCUT2D eigenvalue weighted by Gasteiger charge is 2.46. The SMILES string of the molecule is COCCN(C)CC(=O)N1CCC2(CC1)C[C@H](c1ccccc1)CN2C. The van der Waals surface area contributed by atoms with Crippen molar-refractivity contribution in [1.29, 1.82) is 0 Å². The third-order valence-electron chi connectivity index (χ3n) is 6.33. The van der Waals surface area contributed by atoms with E-state index in [1.807, 2.05) is 11.9 Å². The maximum atomic E-state index is 12.6. The van der Waals surface area contributed by atoms with Crippen LogP contribution in [-0.2, 0) is 9.53 Å². The molecule has 2 fully saturated rings. The maximum absolute atomic E-state index is 12.6. The van der Waals surface area contributed by atoms with Crippen LogP contribution >= 0.6 is 0 Å². The first-order valence-corrected chi connectivity index (χ1v) is 9.75. The Hall–Kier alpha value is -1.43. The molecule has 0 aromatic heterocycles. The van der Waals surface area contributed by atoms with E-state index in [0.717, 1.165) is 39.0 Å². The number of methoxy groups -OCH3 is 1. The fourth-order valence-electron chi connectivity index (χ4n) is 4.57. The van der Waals surface area contributed by atoms with Gasteiger partial charge < -0.3 is 9.64 Å². The summed E-state index contributed by atoms with van der Waals surface area (Å²) in [5.74, 6) is 0.863. The minimum absolute atomic E-state index is 0.249. The molecule has 1 aromatic rings. The molecule has 0 N–H and O–H groups in total. The normalized spacial score (nSPS) is 23.1. The van der Waals surface area contributed by atoms with Gasteiger partial charge >= 0.3 is 0 Å². The second-order valence-corrected chi connectivity index (χ2v) is 8.03. The number of ether oxygens (including phenoxy) is 1. The summed E-state index contributed by atoms with van der Waals surface area (Å²) in [6, 6.07) is 10.9. The molecule has 0 aliphatic carbocycles. The average molecular weight is 360 g/mol. The molecule has 2 heterocycles. The van der Waals surface area contributed by atoms with Crippen LogP contribution in [0, 0.1) is 0 Å². The molecule has 5 nitrogen and oxygen atoms in total. The van der Waals surface area contributed by atoms with Crippen molar-refractivity contribution in [3.05, 3.63) is 35.9 Å². The molecule has 2 aliphatic heterocycles. The fourth-order valence-corrected chi connectivity index (χ4v) is 4.57. The lowest BCUT2D eigenvalue weighted by atomic mass is 9.81. The average Bonchev–Trinajstić information content (AvgIpc) is 2.97. The van der Waals surface area contributed by atoms with E-state index < -0.39 is 0 Å². The highest BCUT2D eigenvalue weighted by molar-refractivity contribution is 5.78. The Balaban J connectivity index is 1.53. The largest absolute Gasteiger partial charge is 0.383 e. The smallest absolute Gasteiger partial charge is 0.236 e. The van der Waals surface area contributed by atoms with E-state index >= 15 is 0 Å². The summed E-state index contributed by atoms with van der Waals surface area (Å²) in [6.07, 6.45) is 3.38. The number of likely N-dealkylation sites (tertiary alicyclic amines) is 2. The Bertz CT molecular complexity index is 584. The fraction of sp³-hybridized carbons (Fsp3) is 0.667. The van der Waals surface area contributed by atoms with Crippen molar-refractivity contribution in [1.82, 2.24) is 14.7 Å². The van der Waals surface area contributed by atoms with Gasteiger partial charge in [-0.15, -0.1) is 0 Å². The Morgan fingerprint density at radius 3 is 2.62 bits per heavy atom. The lowest BCUT2D eigenvalue weighted by Crippen LogP contribution is -2.53. The van der Waals surface area contributed by atoms with Gasteiger partial charge in [0.25, 0.3) is 0 Å². The van der Waals surface area contributed by atoms with Crippen LogP contribution < -0.4 is 0 Å². The van der Waals surface area contributed by atoms with E-state index in [9.17, 15) is 4.79 Å². The summed E-state index contributed by atoms with van der Waals surface area (Å²) in [4.78, 5) is 19.2. The Labute approximate surface area is 157 Å². The second-order valence-electron chi connectivity index (χ2n) is 8.03. The number of carbonyl (C=O) groups excluding carboxylic acids is 1. The van der Waals surface area contributed by atoms with Crippen LogP contribution in [0.4, 0.5) is 0 Å². The summed E-state index contributed by atoms with van der Waals surface area (Å²) in [5, 5.41) is 0. The molecular formula is C21H33N3O2. The van der Waals surface area contributed by atoms with Gasteiger partial charge in [0.1, 0.15) is 0 Å². The zero-order valence-electron chi connectivity index (χ0n) is 16.5. The first kappa shape index (κ1) is 19.3. The molecule has 1 atom stereocenters. The summed E-state index contributed by atoms with van der Waals surface area (Å²) in [6.45, 7) is 4.82. The molecule has 2 saturated heterocycles. The lowest BCUT2D eigenvalue weighted by Gasteiger charge is -2.44. The second kappa shape index (κ2) is 8.51. The van der Waals surface area contributed by atoms with E-state index in [-0.39, 0.29) is 11.4 Å². The van der Waals surface area contributed by atoms with Gasteiger partial charge in [0.2, 0.25) is 5.91 Å². The van der Waals surface area contributed by atoms with Gasteiger partial charge in [-0.3, -0.25) is 14.6 Å². The monoisotopic (exact) mass is 359 g/mol. The molecule has 3 rings (SSSR count). The van der Waals surface area contributed by atoms with Gasteiger partial charge in [0, 0.05) is 38.8 Å². The van der Waals surface area contributed by atoms with Gasteiger partial charge in [-0.2, -0.15) is 0 Å². The molecule has 26 heavy (non-hydrogen) atoms. The van der Waals surface area contributed by atoms with Gasteiger partial charge in [-0.05, 0) is 44.8 Å². The van der Waals surface area contributed by atoms with Crippen LogP contribution in [0.15, 0.2) is 30.3 Å². The number of piperidine rings is 1. The van der Waals surface area contributed by atoms with Crippen LogP contribution in [0.1, 0.15) is 30.7 Å². The summed E-state index contributed by atoms with van der Waals surface area (Å²) >= 11 is 0. The van der Waals surface area contributed by atoms with Gasteiger partial charge in [-0.1, -0.05) is 30.3 Å². The van der Waals surface area contributed by atoms with Crippen LogP contribution in [0.2, 0.25) is 0 Å². The van der Waals surface area contributed by atoms with Gasteiger partial charge in [0.05, 0.1) is 13.2 Å². The number of likely N-dealkylation sites (N-methyl/N-ethyl adjacent to an activating group) is 2. The van der Waals surface area contributed by atoms with E-state index in [4.69, 9.17) is 4.74 Å². The minimum Gasteiger partial charge on any atom is -0.383 e. The van der Waals surface area contributed by atoms with Crippen molar-refractivity contribution in [2.24, 2.45) is 0 Å². The third-order valence-corrected chi connectivity index (χ3v) is 6.33. The number of rotatable bonds is 6. The molecule has 1 amide bonds. The predicted octanol–water partition coefficient (Wildman–Crippen LogP) is 2.05. The third kappa shape index (κ3) is 4.27. The van der Waals surface area contributed by atoms with Gasteiger partial charge in [-0.25, -0.2) is 0 Å². The first-order valence-electron chi connectivity index (χ1n) is 9.75. The number of carbonyl (C=O) groups is 1. The number of benzene rings is 1. The highest BCUT2D eigenvalue weighted by Crippen LogP contribution is 2.43. The molecule has 0 saturated carbocycles. The molecule has 144 valence electrons. The summed E-state index contributed by atoms with van der Waals surface area (Å²) in [5.41, 5.74) is 1.72. The van der Waals surface area contributed by atoms with Crippen molar-refractivity contribution in [3.8, 4) is 0 Å². The maximum Gasteiger partial charge on any atom is 0.236 e. The molecule has 2 aliphatic rings. The molecule has 1 spiro atoms. The predicted molar refractivity (Wildman–Crippen MR) is 104 cm³/mol. The van der Waals surface area contributed by atoms with Crippen molar-refractivity contribution >= 4 is 5.91 Å². The highest BCUT2D eigenvalue weighted by atomic mass is 16.5. The van der Waals surface area contributed by atoms with Crippen molar-refractivity contribution in [2.45, 2.75) is 30.7 Å². The van der Waals surface area contributed by atoms with Crippen molar-refractivity contribution in [3.63, 3.8) is 0 Å². The Kier molecular flexibility index (Phi) is 6.33. The van der Waals surface area contributed by atoms with Crippen LogP contribution in [0.5, 0.6) is 0 Å². The minimum atomic E-state index is 0.249.